The second kappa shape index (κ2) is 6.93. The molecule has 3 rings (SSSR count). The van der Waals surface area contributed by atoms with Crippen molar-refractivity contribution in [2.45, 2.75) is 33.3 Å². The summed E-state index contributed by atoms with van der Waals surface area (Å²) in [5.74, 6) is 0.150. The molecular formula is C19H20N2O4. The van der Waals surface area contributed by atoms with Crippen molar-refractivity contribution in [3.8, 4) is 6.01 Å². The van der Waals surface area contributed by atoms with Crippen LogP contribution in [-0.4, -0.2) is 9.97 Å². The number of hydrogen-bond donors (Lipinski definition) is 1. The van der Waals surface area contributed by atoms with Crippen LogP contribution in [0.4, 0.5) is 0 Å². The van der Waals surface area contributed by atoms with Crippen molar-refractivity contribution < 1.29 is 9.15 Å². The smallest absolute Gasteiger partial charge is 0.337 e. The molecule has 3 aromatic rings. The third-order valence-corrected chi connectivity index (χ3v) is 4.03. The molecule has 0 fully saturated rings. The fourth-order valence-corrected chi connectivity index (χ4v) is 2.82. The first-order chi connectivity index (χ1) is 12.0. The average molecular weight is 340 g/mol. The van der Waals surface area contributed by atoms with Crippen LogP contribution in [-0.2, 0) is 6.42 Å². The highest BCUT2D eigenvalue weighted by molar-refractivity contribution is 5.75. The number of H-pyrrole nitrogens is 1. The Labute approximate surface area is 144 Å². The number of rotatable bonds is 5. The number of aryl methyl sites for hydroxylation is 1. The van der Waals surface area contributed by atoms with Crippen molar-refractivity contribution in [3.05, 3.63) is 68.3 Å². The first kappa shape index (κ1) is 17.0. The monoisotopic (exact) mass is 340 g/mol. The summed E-state index contributed by atoms with van der Waals surface area (Å²) >= 11 is 0. The van der Waals surface area contributed by atoms with Crippen molar-refractivity contribution in [3.63, 3.8) is 0 Å². The van der Waals surface area contributed by atoms with E-state index in [0.29, 0.717) is 12.0 Å². The van der Waals surface area contributed by atoms with Crippen LogP contribution in [0.3, 0.4) is 0 Å². The number of aromatic amines is 1. The van der Waals surface area contributed by atoms with Crippen molar-refractivity contribution in [2.24, 2.45) is 5.92 Å². The summed E-state index contributed by atoms with van der Waals surface area (Å²) in [6.07, 6.45) is 0.244. The molecule has 0 radical (unpaired) electrons. The standard InChI is InChI=1S/C19H20N2O4/c1-4-12-10-14(22)24-18-15(12)17(23)20-19(21-18)25-16(11(2)3)13-8-6-5-7-9-13/h5-11,16H,4H2,1-3H3,(H,20,21,23)/t16-/m0/s1. The van der Waals surface area contributed by atoms with E-state index in [1.54, 1.807) is 0 Å². The quantitative estimate of drug-likeness (QED) is 0.771. The van der Waals surface area contributed by atoms with Crippen molar-refractivity contribution in [1.82, 2.24) is 9.97 Å². The highest BCUT2D eigenvalue weighted by Crippen LogP contribution is 2.26. The molecule has 0 unspecified atom stereocenters. The van der Waals surface area contributed by atoms with Gasteiger partial charge in [-0.15, -0.1) is 0 Å². The van der Waals surface area contributed by atoms with Gasteiger partial charge in [-0.3, -0.25) is 9.78 Å². The molecule has 0 aliphatic rings. The van der Waals surface area contributed by atoms with Gasteiger partial charge in [-0.25, -0.2) is 4.79 Å². The molecule has 25 heavy (non-hydrogen) atoms. The van der Waals surface area contributed by atoms with Crippen molar-refractivity contribution in [1.29, 1.82) is 0 Å². The summed E-state index contributed by atoms with van der Waals surface area (Å²) in [4.78, 5) is 31.0. The molecule has 0 bridgehead atoms. The highest BCUT2D eigenvalue weighted by Gasteiger charge is 2.20. The summed E-state index contributed by atoms with van der Waals surface area (Å²) in [7, 11) is 0. The van der Waals surface area contributed by atoms with Gasteiger partial charge in [0, 0.05) is 6.07 Å². The van der Waals surface area contributed by atoms with Crippen LogP contribution in [0.2, 0.25) is 0 Å². The maximum Gasteiger partial charge on any atom is 0.337 e. The van der Waals surface area contributed by atoms with Gasteiger partial charge in [-0.2, -0.15) is 4.98 Å². The average Bonchev–Trinajstić information content (AvgIpc) is 2.59. The van der Waals surface area contributed by atoms with Crippen LogP contribution in [0.25, 0.3) is 11.1 Å². The van der Waals surface area contributed by atoms with Gasteiger partial charge in [0.2, 0.25) is 5.71 Å². The molecule has 0 saturated carbocycles. The van der Waals surface area contributed by atoms with Crippen LogP contribution in [0, 0.1) is 5.92 Å². The van der Waals surface area contributed by atoms with Crippen molar-refractivity contribution >= 4 is 11.1 Å². The second-order valence-corrected chi connectivity index (χ2v) is 6.19. The lowest BCUT2D eigenvalue weighted by atomic mass is 9.99. The molecule has 0 aliphatic heterocycles. The highest BCUT2D eigenvalue weighted by atomic mass is 16.5. The molecule has 1 aromatic carbocycles. The Balaban J connectivity index is 2.07. The van der Waals surface area contributed by atoms with Crippen LogP contribution >= 0.6 is 0 Å². The molecule has 1 N–H and O–H groups in total. The minimum Gasteiger partial charge on any atom is -0.456 e. The van der Waals surface area contributed by atoms with Gasteiger partial charge in [0.05, 0.1) is 0 Å². The second-order valence-electron chi connectivity index (χ2n) is 6.19. The number of ether oxygens (including phenoxy) is 1. The van der Waals surface area contributed by atoms with Gasteiger partial charge in [0.25, 0.3) is 11.6 Å². The van der Waals surface area contributed by atoms with E-state index in [9.17, 15) is 9.59 Å². The fourth-order valence-electron chi connectivity index (χ4n) is 2.82. The maximum absolute atomic E-state index is 12.4. The Bertz CT molecular complexity index is 990. The topological polar surface area (TPSA) is 85.2 Å². The molecular weight excluding hydrogens is 320 g/mol. The SMILES string of the molecule is CCc1cc(=O)oc2nc(O[C@H](c3ccccc3)C(C)C)[nH]c(=O)c12. The van der Waals surface area contributed by atoms with Gasteiger partial charge in [0.15, 0.2) is 0 Å². The van der Waals surface area contributed by atoms with E-state index in [4.69, 9.17) is 9.15 Å². The van der Waals surface area contributed by atoms with Gasteiger partial charge in [-0.1, -0.05) is 51.1 Å². The molecule has 0 amide bonds. The molecule has 0 saturated heterocycles. The van der Waals surface area contributed by atoms with Gasteiger partial charge in [0.1, 0.15) is 11.5 Å². The molecule has 6 heteroatoms. The largest absolute Gasteiger partial charge is 0.456 e. The predicted molar refractivity (Wildman–Crippen MR) is 94.9 cm³/mol. The number of fused-ring (bicyclic) bond motifs is 1. The van der Waals surface area contributed by atoms with Crippen molar-refractivity contribution in [2.75, 3.05) is 0 Å². The molecule has 1 atom stereocenters. The van der Waals surface area contributed by atoms with Gasteiger partial charge >= 0.3 is 5.63 Å². The molecule has 2 heterocycles. The molecule has 130 valence electrons. The van der Waals surface area contributed by atoms with E-state index in [2.05, 4.69) is 9.97 Å². The van der Waals surface area contributed by atoms with E-state index >= 15 is 0 Å². The van der Waals surface area contributed by atoms with Gasteiger partial charge < -0.3 is 9.15 Å². The van der Waals surface area contributed by atoms with Crippen LogP contribution in [0.1, 0.15) is 38.0 Å². The molecule has 0 aliphatic carbocycles. The number of nitrogens with zero attached hydrogens (tertiary/aromatic N) is 1. The number of aromatic nitrogens is 2. The van der Waals surface area contributed by atoms with E-state index in [0.717, 1.165) is 5.56 Å². The number of nitrogens with one attached hydrogen (secondary N) is 1. The number of benzene rings is 1. The zero-order valence-corrected chi connectivity index (χ0v) is 14.4. The van der Waals surface area contributed by atoms with Crippen LogP contribution in [0.5, 0.6) is 6.01 Å². The minimum absolute atomic E-state index is 0.00123. The van der Waals surface area contributed by atoms with E-state index in [1.807, 2.05) is 51.1 Å². The van der Waals surface area contributed by atoms with E-state index < -0.39 is 5.63 Å². The fraction of sp³-hybridized carbons (Fsp3) is 0.316. The van der Waals surface area contributed by atoms with E-state index in [1.165, 1.54) is 6.07 Å². The Kier molecular flexibility index (Phi) is 4.70. The number of hydrogen-bond acceptors (Lipinski definition) is 5. The first-order valence-corrected chi connectivity index (χ1v) is 8.28. The Morgan fingerprint density at radius 1 is 1.20 bits per heavy atom. The summed E-state index contributed by atoms with van der Waals surface area (Å²) in [5.41, 5.74) is 0.672. The normalized spacial score (nSPS) is 12.5. The molecule has 6 nitrogen and oxygen atoms in total. The maximum atomic E-state index is 12.4. The third-order valence-electron chi connectivity index (χ3n) is 4.03. The lowest BCUT2D eigenvalue weighted by Crippen LogP contribution is -2.19. The lowest BCUT2D eigenvalue weighted by molar-refractivity contribution is 0.139. The van der Waals surface area contributed by atoms with E-state index in [-0.39, 0.29) is 34.7 Å². The summed E-state index contributed by atoms with van der Waals surface area (Å²) < 4.78 is 11.0. The zero-order valence-electron chi connectivity index (χ0n) is 14.4. The Morgan fingerprint density at radius 2 is 1.92 bits per heavy atom. The van der Waals surface area contributed by atoms with Crippen LogP contribution < -0.4 is 15.9 Å². The van der Waals surface area contributed by atoms with Gasteiger partial charge in [-0.05, 0) is 23.5 Å². The summed E-state index contributed by atoms with van der Waals surface area (Å²) in [6.45, 7) is 5.90. The zero-order chi connectivity index (χ0) is 18.0. The molecule has 0 spiro atoms. The molecule has 2 aromatic heterocycles. The minimum atomic E-state index is -0.531. The van der Waals surface area contributed by atoms with Crippen LogP contribution in [0.15, 0.2) is 50.4 Å². The Morgan fingerprint density at radius 3 is 2.56 bits per heavy atom. The lowest BCUT2D eigenvalue weighted by Gasteiger charge is -2.22. The third kappa shape index (κ3) is 3.47. The Hall–Kier alpha value is -2.89. The summed E-state index contributed by atoms with van der Waals surface area (Å²) in [5, 5.41) is 0.287. The first-order valence-electron chi connectivity index (χ1n) is 8.28. The predicted octanol–water partition coefficient (Wildman–Crippen LogP) is 3.21. The summed E-state index contributed by atoms with van der Waals surface area (Å²) in [6, 6.07) is 11.1.